The second-order valence-electron chi connectivity index (χ2n) is 7.33. The van der Waals surface area contributed by atoms with Gasteiger partial charge in [-0.05, 0) is 49.4 Å². The quantitative estimate of drug-likeness (QED) is 0.732. The van der Waals surface area contributed by atoms with Gasteiger partial charge in [0.05, 0.1) is 19.8 Å². The SMILES string of the molecule is CC1CCCN(CCCOc2ccc(CNN3CCOCC3)cc2)C1. The van der Waals surface area contributed by atoms with Crippen LogP contribution in [-0.2, 0) is 11.3 Å². The Balaban J connectivity index is 1.30. The Kier molecular flexibility index (Phi) is 7.55. The van der Waals surface area contributed by atoms with Gasteiger partial charge in [0.25, 0.3) is 0 Å². The Morgan fingerprint density at radius 1 is 1.16 bits per heavy atom. The smallest absolute Gasteiger partial charge is 0.119 e. The molecule has 0 bridgehead atoms. The van der Waals surface area contributed by atoms with Crippen molar-refractivity contribution in [2.75, 3.05) is 52.5 Å². The van der Waals surface area contributed by atoms with Crippen molar-refractivity contribution in [1.29, 1.82) is 0 Å². The first-order chi connectivity index (χ1) is 12.3. The van der Waals surface area contributed by atoms with Crippen LogP contribution in [-0.4, -0.2) is 62.5 Å². The van der Waals surface area contributed by atoms with E-state index in [1.165, 1.54) is 31.5 Å². The fourth-order valence-corrected chi connectivity index (χ4v) is 3.60. The second-order valence-corrected chi connectivity index (χ2v) is 7.33. The van der Waals surface area contributed by atoms with Gasteiger partial charge in [0.1, 0.15) is 5.75 Å². The van der Waals surface area contributed by atoms with Crippen molar-refractivity contribution < 1.29 is 9.47 Å². The third-order valence-corrected chi connectivity index (χ3v) is 5.07. The molecule has 3 rings (SSSR count). The maximum atomic E-state index is 5.90. The molecule has 0 saturated carbocycles. The van der Waals surface area contributed by atoms with E-state index in [-0.39, 0.29) is 0 Å². The molecule has 1 aromatic rings. The van der Waals surface area contributed by atoms with Crippen LogP contribution in [0.25, 0.3) is 0 Å². The van der Waals surface area contributed by atoms with Crippen LogP contribution in [0.2, 0.25) is 0 Å². The van der Waals surface area contributed by atoms with E-state index in [1.54, 1.807) is 0 Å². The molecule has 0 amide bonds. The van der Waals surface area contributed by atoms with Crippen molar-refractivity contribution >= 4 is 0 Å². The van der Waals surface area contributed by atoms with Gasteiger partial charge >= 0.3 is 0 Å². The molecule has 1 unspecified atom stereocenters. The van der Waals surface area contributed by atoms with Gasteiger partial charge in [-0.15, -0.1) is 0 Å². The van der Waals surface area contributed by atoms with Crippen LogP contribution < -0.4 is 10.2 Å². The molecular formula is C20H33N3O2. The lowest BCUT2D eigenvalue weighted by molar-refractivity contribution is 0.0106. The molecular weight excluding hydrogens is 314 g/mol. The average Bonchev–Trinajstić information content (AvgIpc) is 2.65. The van der Waals surface area contributed by atoms with Crippen molar-refractivity contribution in [2.24, 2.45) is 5.92 Å². The number of piperidine rings is 1. The van der Waals surface area contributed by atoms with E-state index in [0.29, 0.717) is 0 Å². The summed E-state index contributed by atoms with van der Waals surface area (Å²) < 4.78 is 11.3. The molecule has 0 aromatic heterocycles. The highest BCUT2D eigenvalue weighted by Gasteiger charge is 2.15. The molecule has 2 saturated heterocycles. The van der Waals surface area contributed by atoms with E-state index in [1.807, 2.05) is 0 Å². The minimum Gasteiger partial charge on any atom is -0.494 e. The summed E-state index contributed by atoms with van der Waals surface area (Å²) in [6, 6.07) is 8.46. The standard InChI is InChI=1S/C20H33N3O2/c1-18-4-2-9-22(17-18)10-3-13-25-20-7-5-19(6-8-20)16-21-23-11-14-24-15-12-23/h5-8,18,21H,2-4,9-17H2,1H3. The normalized spacial score (nSPS) is 22.8. The molecule has 0 aliphatic carbocycles. The Bertz CT molecular complexity index is 488. The maximum Gasteiger partial charge on any atom is 0.119 e. The third-order valence-electron chi connectivity index (χ3n) is 5.07. The number of nitrogens with one attached hydrogen (secondary N) is 1. The largest absolute Gasteiger partial charge is 0.494 e. The predicted octanol–water partition coefficient (Wildman–Crippen LogP) is 2.52. The van der Waals surface area contributed by atoms with Crippen molar-refractivity contribution in [1.82, 2.24) is 15.3 Å². The summed E-state index contributed by atoms with van der Waals surface area (Å²) in [6.07, 6.45) is 3.84. The number of hydrazine groups is 1. The molecule has 5 nitrogen and oxygen atoms in total. The molecule has 2 fully saturated rings. The fourth-order valence-electron chi connectivity index (χ4n) is 3.60. The molecule has 1 atom stereocenters. The molecule has 2 heterocycles. The van der Waals surface area contributed by atoms with Gasteiger partial charge in [-0.2, -0.15) is 0 Å². The number of rotatable bonds is 8. The Morgan fingerprint density at radius 2 is 1.96 bits per heavy atom. The molecule has 0 spiro atoms. The van der Waals surface area contributed by atoms with Crippen LogP contribution in [0.4, 0.5) is 0 Å². The molecule has 0 radical (unpaired) electrons. The molecule has 25 heavy (non-hydrogen) atoms. The minimum absolute atomic E-state index is 0.802. The summed E-state index contributed by atoms with van der Waals surface area (Å²) >= 11 is 0. The zero-order chi connectivity index (χ0) is 17.3. The van der Waals surface area contributed by atoms with Gasteiger partial charge in [0, 0.05) is 32.7 Å². The van der Waals surface area contributed by atoms with Crippen LogP contribution in [0.5, 0.6) is 5.75 Å². The van der Waals surface area contributed by atoms with Gasteiger partial charge in [0.2, 0.25) is 0 Å². The summed E-state index contributed by atoms with van der Waals surface area (Å²) in [5.41, 5.74) is 4.74. The minimum atomic E-state index is 0.802. The Labute approximate surface area is 152 Å². The van der Waals surface area contributed by atoms with E-state index >= 15 is 0 Å². The van der Waals surface area contributed by atoms with Crippen LogP contribution in [0.15, 0.2) is 24.3 Å². The van der Waals surface area contributed by atoms with Crippen LogP contribution in [0.3, 0.4) is 0 Å². The van der Waals surface area contributed by atoms with Gasteiger partial charge in [0.15, 0.2) is 0 Å². The molecule has 140 valence electrons. The number of ether oxygens (including phenoxy) is 2. The Morgan fingerprint density at radius 3 is 2.72 bits per heavy atom. The third kappa shape index (κ3) is 6.59. The van der Waals surface area contributed by atoms with E-state index in [0.717, 1.165) is 64.1 Å². The van der Waals surface area contributed by atoms with Crippen molar-refractivity contribution in [3.05, 3.63) is 29.8 Å². The lowest BCUT2D eigenvalue weighted by atomic mass is 10.0. The van der Waals surface area contributed by atoms with Crippen molar-refractivity contribution in [3.8, 4) is 5.75 Å². The average molecular weight is 348 g/mol. The number of hydrogen-bond donors (Lipinski definition) is 1. The first-order valence-electron chi connectivity index (χ1n) is 9.80. The first kappa shape index (κ1) is 18.6. The van der Waals surface area contributed by atoms with Gasteiger partial charge in [-0.25, -0.2) is 5.01 Å². The number of hydrogen-bond acceptors (Lipinski definition) is 5. The zero-order valence-corrected chi connectivity index (χ0v) is 15.6. The summed E-state index contributed by atoms with van der Waals surface area (Å²) in [6.45, 7) is 11.2. The van der Waals surface area contributed by atoms with Gasteiger partial charge in [-0.1, -0.05) is 19.1 Å². The monoisotopic (exact) mass is 347 g/mol. The lowest BCUT2D eigenvalue weighted by Gasteiger charge is -2.30. The second kappa shape index (κ2) is 10.1. The highest BCUT2D eigenvalue weighted by atomic mass is 16.5. The summed E-state index contributed by atoms with van der Waals surface area (Å²) in [4.78, 5) is 2.58. The predicted molar refractivity (Wildman–Crippen MR) is 101 cm³/mol. The fraction of sp³-hybridized carbons (Fsp3) is 0.700. The van der Waals surface area contributed by atoms with E-state index < -0.39 is 0 Å². The van der Waals surface area contributed by atoms with Crippen LogP contribution in [0, 0.1) is 5.92 Å². The molecule has 2 aliphatic heterocycles. The topological polar surface area (TPSA) is 37.0 Å². The van der Waals surface area contributed by atoms with Crippen LogP contribution >= 0.6 is 0 Å². The summed E-state index contributed by atoms with van der Waals surface area (Å²) in [5, 5.41) is 2.23. The van der Waals surface area contributed by atoms with Crippen LogP contribution in [0.1, 0.15) is 31.7 Å². The van der Waals surface area contributed by atoms with Crippen molar-refractivity contribution in [3.63, 3.8) is 0 Å². The number of morpholine rings is 1. The number of likely N-dealkylation sites (tertiary alicyclic amines) is 1. The highest BCUT2D eigenvalue weighted by molar-refractivity contribution is 5.27. The Hall–Kier alpha value is -1.14. The van der Waals surface area contributed by atoms with Gasteiger partial charge < -0.3 is 14.4 Å². The molecule has 1 N–H and O–H groups in total. The van der Waals surface area contributed by atoms with Crippen molar-refractivity contribution in [2.45, 2.75) is 32.7 Å². The van der Waals surface area contributed by atoms with E-state index in [9.17, 15) is 0 Å². The first-order valence-corrected chi connectivity index (χ1v) is 9.80. The van der Waals surface area contributed by atoms with E-state index in [4.69, 9.17) is 9.47 Å². The van der Waals surface area contributed by atoms with E-state index in [2.05, 4.69) is 46.5 Å². The lowest BCUT2D eigenvalue weighted by Crippen LogP contribution is -2.45. The number of nitrogens with zero attached hydrogens (tertiary/aromatic N) is 2. The summed E-state index contributed by atoms with van der Waals surface area (Å²) in [5.74, 6) is 1.83. The number of benzene rings is 1. The van der Waals surface area contributed by atoms with Gasteiger partial charge in [-0.3, -0.25) is 5.43 Å². The zero-order valence-electron chi connectivity index (χ0n) is 15.6. The summed E-state index contributed by atoms with van der Waals surface area (Å²) in [7, 11) is 0. The highest BCUT2D eigenvalue weighted by Crippen LogP contribution is 2.16. The molecule has 2 aliphatic rings. The molecule has 5 heteroatoms. The molecule has 1 aromatic carbocycles. The maximum absolute atomic E-state index is 5.90.